The van der Waals surface area contributed by atoms with Gasteiger partial charge in [0.25, 0.3) is 5.56 Å². The van der Waals surface area contributed by atoms with Gasteiger partial charge in [-0.2, -0.15) is 0 Å². The van der Waals surface area contributed by atoms with E-state index in [2.05, 4.69) is 0 Å². The van der Waals surface area contributed by atoms with E-state index >= 15 is 0 Å². The zero-order valence-electron chi connectivity index (χ0n) is 16.4. The molecule has 2 aromatic carbocycles. The molecular formula is C23H17ClF2N2O3. The Morgan fingerprint density at radius 2 is 1.90 bits per heavy atom. The zero-order valence-corrected chi connectivity index (χ0v) is 17.2. The van der Waals surface area contributed by atoms with Crippen molar-refractivity contribution >= 4 is 28.5 Å². The highest BCUT2D eigenvalue weighted by molar-refractivity contribution is 6.31. The van der Waals surface area contributed by atoms with Crippen molar-refractivity contribution in [2.45, 2.75) is 20.0 Å². The standard InChI is InChI=1S/C23H17ClF2N2O3/c1-13-22(17-9-16(24)6-7-19(17)28(13)12-21(30)31)14-5-8-20(29)27(10-14)11-15-3-2-4-18(25)23(15)26/h2-10H,11-12H2,1H3,(H,30,31). The molecule has 8 heteroatoms. The van der Waals surface area contributed by atoms with E-state index in [9.17, 15) is 23.5 Å². The van der Waals surface area contributed by atoms with Crippen LogP contribution in [0.2, 0.25) is 5.02 Å². The van der Waals surface area contributed by atoms with Gasteiger partial charge in [0.1, 0.15) is 6.54 Å². The van der Waals surface area contributed by atoms with Gasteiger partial charge in [-0.25, -0.2) is 8.78 Å². The molecule has 0 bridgehead atoms. The minimum absolute atomic E-state index is 0.0484. The summed E-state index contributed by atoms with van der Waals surface area (Å²) in [5, 5.41) is 10.5. The number of nitrogens with zero attached hydrogens (tertiary/aromatic N) is 2. The molecule has 0 saturated carbocycles. The van der Waals surface area contributed by atoms with Crippen LogP contribution in [-0.4, -0.2) is 20.2 Å². The predicted molar refractivity (Wildman–Crippen MR) is 114 cm³/mol. The average Bonchev–Trinajstić information content (AvgIpc) is 2.97. The first kappa shape index (κ1) is 20.8. The Labute approximate surface area is 180 Å². The van der Waals surface area contributed by atoms with Gasteiger partial charge in [0.2, 0.25) is 0 Å². The Balaban J connectivity index is 1.89. The van der Waals surface area contributed by atoms with E-state index < -0.39 is 17.6 Å². The van der Waals surface area contributed by atoms with Crippen molar-refractivity contribution in [3.63, 3.8) is 0 Å². The van der Waals surface area contributed by atoms with Gasteiger partial charge >= 0.3 is 5.97 Å². The predicted octanol–water partition coefficient (Wildman–Crippen LogP) is 4.84. The maximum absolute atomic E-state index is 14.1. The quantitative estimate of drug-likeness (QED) is 0.481. The molecule has 0 saturated heterocycles. The number of aliphatic carboxylic acids is 1. The maximum Gasteiger partial charge on any atom is 0.323 e. The van der Waals surface area contributed by atoms with Crippen LogP contribution < -0.4 is 5.56 Å². The summed E-state index contributed by atoms with van der Waals surface area (Å²) in [6, 6.07) is 11.9. The van der Waals surface area contributed by atoms with E-state index in [0.717, 1.165) is 11.5 Å². The zero-order chi connectivity index (χ0) is 22.3. The lowest BCUT2D eigenvalue weighted by atomic mass is 10.0. The van der Waals surface area contributed by atoms with Crippen molar-refractivity contribution in [1.29, 1.82) is 0 Å². The number of rotatable bonds is 5. The van der Waals surface area contributed by atoms with E-state index in [1.807, 2.05) is 0 Å². The first-order valence-corrected chi connectivity index (χ1v) is 9.78. The van der Waals surface area contributed by atoms with Crippen LogP contribution in [0.25, 0.3) is 22.0 Å². The molecule has 0 spiro atoms. The van der Waals surface area contributed by atoms with Crippen LogP contribution in [0.3, 0.4) is 0 Å². The molecule has 0 atom stereocenters. The van der Waals surface area contributed by atoms with Crippen LogP contribution in [0, 0.1) is 18.6 Å². The number of carboxylic acid groups (broad SMARTS) is 1. The number of fused-ring (bicyclic) bond motifs is 1. The van der Waals surface area contributed by atoms with Crippen molar-refractivity contribution in [3.8, 4) is 11.1 Å². The third kappa shape index (κ3) is 3.84. The maximum atomic E-state index is 14.1. The number of aromatic nitrogens is 2. The lowest BCUT2D eigenvalue weighted by Gasteiger charge is -2.11. The van der Waals surface area contributed by atoms with Gasteiger partial charge in [-0.1, -0.05) is 23.7 Å². The average molecular weight is 443 g/mol. The first-order chi connectivity index (χ1) is 14.8. The van der Waals surface area contributed by atoms with Gasteiger partial charge in [-0.3, -0.25) is 9.59 Å². The topological polar surface area (TPSA) is 64.2 Å². The highest BCUT2D eigenvalue weighted by atomic mass is 35.5. The Hall–Kier alpha value is -3.45. The summed E-state index contributed by atoms with van der Waals surface area (Å²) in [5.41, 5.74) is 2.39. The van der Waals surface area contributed by atoms with Crippen LogP contribution in [0.5, 0.6) is 0 Å². The molecule has 0 aliphatic heterocycles. The summed E-state index contributed by atoms with van der Waals surface area (Å²) in [6.45, 7) is 1.40. The van der Waals surface area contributed by atoms with Crippen molar-refractivity contribution in [3.05, 3.63) is 93.0 Å². The fourth-order valence-electron chi connectivity index (χ4n) is 3.81. The molecule has 31 heavy (non-hydrogen) atoms. The molecule has 0 fully saturated rings. The van der Waals surface area contributed by atoms with Crippen molar-refractivity contribution in [1.82, 2.24) is 9.13 Å². The Morgan fingerprint density at radius 3 is 2.65 bits per heavy atom. The Bertz CT molecular complexity index is 1390. The molecule has 1 N–H and O–H groups in total. The molecule has 0 aliphatic carbocycles. The van der Waals surface area contributed by atoms with E-state index in [4.69, 9.17) is 11.6 Å². The lowest BCUT2D eigenvalue weighted by molar-refractivity contribution is -0.137. The largest absolute Gasteiger partial charge is 0.480 e. The summed E-state index contributed by atoms with van der Waals surface area (Å²) in [6.07, 6.45) is 1.56. The van der Waals surface area contributed by atoms with Gasteiger partial charge in [-0.05, 0) is 37.3 Å². The minimum Gasteiger partial charge on any atom is -0.480 e. The number of halogens is 3. The number of hydrogen-bond acceptors (Lipinski definition) is 2. The molecule has 2 aromatic heterocycles. The fraction of sp³-hybridized carbons (Fsp3) is 0.130. The summed E-state index contributed by atoms with van der Waals surface area (Å²) >= 11 is 6.18. The summed E-state index contributed by atoms with van der Waals surface area (Å²) in [5.74, 6) is -2.97. The number of pyridine rings is 1. The lowest BCUT2D eigenvalue weighted by Crippen LogP contribution is -2.20. The van der Waals surface area contributed by atoms with E-state index in [1.165, 1.54) is 22.8 Å². The number of carboxylic acids is 1. The van der Waals surface area contributed by atoms with Crippen LogP contribution in [0.1, 0.15) is 11.3 Å². The van der Waals surface area contributed by atoms with E-state index in [-0.39, 0.29) is 24.2 Å². The molecule has 0 unspecified atom stereocenters. The molecule has 0 radical (unpaired) electrons. The normalized spacial score (nSPS) is 11.2. The van der Waals surface area contributed by atoms with Gasteiger partial charge in [0.15, 0.2) is 11.6 Å². The Morgan fingerprint density at radius 1 is 1.13 bits per heavy atom. The number of benzene rings is 2. The van der Waals surface area contributed by atoms with Crippen LogP contribution in [0.4, 0.5) is 8.78 Å². The second-order valence-corrected chi connectivity index (χ2v) is 7.64. The fourth-order valence-corrected chi connectivity index (χ4v) is 3.99. The monoisotopic (exact) mass is 442 g/mol. The summed E-state index contributed by atoms with van der Waals surface area (Å²) in [7, 11) is 0. The Kier molecular flexibility index (Phi) is 5.37. The molecular weight excluding hydrogens is 426 g/mol. The third-order valence-corrected chi connectivity index (χ3v) is 5.46. The molecule has 4 rings (SSSR count). The molecule has 158 valence electrons. The smallest absolute Gasteiger partial charge is 0.323 e. The van der Waals surface area contributed by atoms with E-state index in [1.54, 1.807) is 42.0 Å². The van der Waals surface area contributed by atoms with E-state index in [0.29, 0.717) is 27.4 Å². The van der Waals surface area contributed by atoms with Gasteiger partial charge < -0.3 is 14.2 Å². The minimum atomic E-state index is -0.999. The second kappa shape index (κ2) is 8.00. The third-order valence-electron chi connectivity index (χ3n) is 5.22. The van der Waals surface area contributed by atoms with Crippen molar-refractivity contribution < 1.29 is 18.7 Å². The molecule has 2 heterocycles. The summed E-state index contributed by atoms with van der Waals surface area (Å²) in [4.78, 5) is 23.8. The summed E-state index contributed by atoms with van der Waals surface area (Å²) < 4.78 is 30.6. The van der Waals surface area contributed by atoms with Crippen molar-refractivity contribution in [2.24, 2.45) is 0 Å². The second-order valence-electron chi connectivity index (χ2n) is 7.20. The SMILES string of the molecule is Cc1c(-c2ccc(=O)n(Cc3cccc(F)c3F)c2)c2cc(Cl)ccc2n1CC(=O)O. The number of hydrogen-bond donors (Lipinski definition) is 1. The molecule has 5 nitrogen and oxygen atoms in total. The van der Waals surface area contributed by atoms with Crippen LogP contribution in [0.15, 0.2) is 59.5 Å². The van der Waals surface area contributed by atoms with Gasteiger partial charge in [-0.15, -0.1) is 0 Å². The van der Waals surface area contributed by atoms with Crippen LogP contribution in [-0.2, 0) is 17.9 Å². The van der Waals surface area contributed by atoms with Crippen molar-refractivity contribution in [2.75, 3.05) is 0 Å². The highest BCUT2D eigenvalue weighted by Crippen LogP contribution is 2.35. The molecule has 4 aromatic rings. The van der Waals surface area contributed by atoms with Gasteiger partial charge in [0, 0.05) is 50.6 Å². The first-order valence-electron chi connectivity index (χ1n) is 9.40. The highest BCUT2D eigenvalue weighted by Gasteiger charge is 2.18. The molecule has 0 amide bonds. The number of carbonyl (C=O) groups is 1. The molecule has 0 aliphatic rings. The van der Waals surface area contributed by atoms with Gasteiger partial charge in [0.05, 0.1) is 6.54 Å². The van der Waals surface area contributed by atoms with Crippen LogP contribution >= 0.6 is 11.6 Å².